The van der Waals surface area contributed by atoms with Gasteiger partial charge in [0.15, 0.2) is 16.1 Å². The second kappa shape index (κ2) is 5.21. The lowest BCUT2D eigenvalue weighted by Gasteiger charge is -2.00. The number of hydrogen-bond donors (Lipinski definition) is 2. The van der Waals surface area contributed by atoms with E-state index in [1.165, 1.54) is 18.0 Å². The summed E-state index contributed by atoms with van der Waals surface area (Å²) in [7, 11) is 0. The number of rotatable bonds is 3. The molecule has 0 saturated heterocycles. The Labute approximate surface area is 101 Å². The molecule has 2 aromatic rings. The van der Waals surface area contributed by atoms with E-state index < -0.39 is 0 Å². The number of nitrogens with zero attached hydrogens (tertiary/aromatic N) is 5. The van der Waals surface area contributed by atoms with Gasteiger partial charge in [-0.25, -0.2) is 19.9 Å². The lowest BCUT2D eigenvalue weighted by atomic mass is 10.4. The molecule has 0 atom stereocenters. The van der Waals surface area contributed by atoms with Crippen LogP contribution in [-0.4, -0.2) is 31.0 Å². The molecule has 0 aliphatic heterocycles. The number of hydrogen-bond acceptors (Lipinski definition) is 7. The van der Waals surface area contributed by atoms with Crippen LogP contribution in [0.2, 0.25) is 0 Å². The maximum absolute atomic E-state index is 8.54. The molecule has 86 valence electrons. The molecule has 8 heteroatoms. The largest absolute Gasteiger partial charge is 0.409 e. The van der Waals surface area contributed by atoms with E-state index in [9.17, 15) is 0 Å². The van der Waals surface area contributed by atoms with Crippen LogP contribution in [0.4, 0.5) is 0 Å². The van der Waals surface area contributed by atoms with E-state index in [0.717, 1.165) is 0 Å². The Morgan fingerprint density at radius 2 is 1.88 bits per heavy atom. The van der Waals surface area contributed by atoms with Crippen molar-refractivity contribution in [2.24, 2.45) is 10.9 Å². The van der Waals surface area contributed by atoms with Crippen LogP contribution in [-0.2, 0) is 0 Å². The zero-order valence-electron chi connectivity index (χ0n) is 8.56. The highest BCUT2D eigenvalue weighted by atomic mass is 32.2. The molecular weight excluding hydrogens is 240 g/mol. The topological polar surface area (TPSA) is 110 Å². The number of aromatic nitrogens is 4. The fourth-order valence-corrected chi connectivity index (χ4v) is 1.65. The quantitative estimate of drug-likeness (QED) is 0.268. The Bertz CT molecular complexity index is 532. The molecule has 2 heterocycles. The van der Waals surface area contributed by atoms with Crippen LogP contribution in [0.25, 0.3) is 0 Å². The second-order valence-corrected chi connectivity index (χ2v) is 3.78. The number of oxime groups is 1. The summed E-state index contributed by atoms with van der Waals surface area (Å²) in [5, 5.41) is 12.4. The summed E-state index contributed by atoms with van der Waals surface area (Å²) in [6.07, 6.45) is 4.77. The predicted octanol–water partition coefficient (Wildman–Crippen LogP) is 0.512. The molecule has 0 bridgehead atoms. The number of amidine groups is 1. The highest BCUT2D eigenvalue weighted by Crippen LogP contribution is 2.19. The van der Waals surface area contributed by atoms with Crippen LogP contribution in [0.1, 0.15) is 5.69 Å². The molecule has 0 saturated carbocycles. The molecule has 0 fully saturated rings. The molecule has 7 nitrogen and oxygen atoms in total. The zero-order chi connectivity index (χ0) is 12.1. The molecule has 0 radical (unpaired) electrons. The van der Waals surface area contributed by atoms with Gasteiger partial charge in [0, 0.05) is 18.6 Å². The highest BCUT2D eigenvalue weighted by Gasteiger charge is 2.06. The van der Waals surface area contributed by atoms with Gasteiger partial charge in [-0.1, -0.05) is 5.16 Å². The molecule has 2 rings (SSSR count). The van der Waals surface area contributed by atoms with Crippen molar-refractivity contribution < 1.29 is 5.21 Å². The van der Waals surface area contributed by atoms with Gasteiger partial charge in [-0.15, -0.1) is 0 Å². The van der Waals surface area contributed by atoms with Gasteiger partial charge >= 0.3 is 0 Å². The van der Waals surface area contributed by atoms with E-state index in [1.54, 1.807) is 24.5 Å². The van der Waals surface area contributed by atoms with E-state index in [2.05, 4.69) is 25.1 Å². The lowest BCUT2D eigenvalue weighted by molar-refractivity contribution is 0.318. The Hall–Kier alpha value is -2.22. The van der Waals surface area contributed by atoms with Gasteiger partial charge in [0.25, 0.3) is 0 Å². The standard InChI is InChI=1S/C9H8N6OS/c10-7(15-16)6-2-5-13-9(14-6)17-8-11-3-1-4-12-8/h1-5,16H,(H2,10,15). The van der Waals surface area contributed by atoms with Gasteiger partial charge in [0.05, 0.1) is 0 Å². The van der Waals surface area contributed by atoms with E-state index in [1.807, 2.05) is 0 Å². The summed E-state index contributed by atoms with van der Waals surface area (Å²) in [5.74, 6) is -0.0665. The molecule has 0 aromatic carbocycles. The van der Waals surface area contributed by atoms with Crippen molar-refractivity contribution in [2.45, 2.75) is 10.3 Å². The van der Waals surface area contributed by atoms with E-state index >= 15 is 0 Å². The van der Waals surface area contributed by atoms with E-state index in [-0.39, 0.29) is 5.84 Å². The summed E-state index contributed by atoms with van der Waals surface area (Å²) < 4.78 is 0. The van der Waals surface area contributed by atoms with Crippen molar-refractivity contribution in [1.82, 2.24) is 19.9 Å². The van der Waals surface area contributed by atoms with Gasteiger partial charge in [-0.05, 0) is 23.9 Å². The molecule has 0 spiro atoms. The Morgan fingerprint density at radius 1 is 1.18 bits per heavy atom. The summed E-state index contributed by atoms with van der Waals surface area (Å²) in [5.41, 5.74) is 5.77. The smallest absolute Gasteiger partial charge is 0.196 e. The van der Waals surface area contributed by atoms with Gasteiger partial charge in [0.2, 0.25) is 0 Å². The van der Waals surface area contributed by atoms with Gasteiger partial charge in [-0.3, -0.25) is 0 Å². The fraction of sp³-hybridized carbons (Fsp3) is 0. The SMILES string of the molecule is N/C(=N/O)c1ccnc(Sc2ncccn2)n1. The normalized spacial score (nSPS) is 11.4. The third-order valence-corrected chi connectivity index (χ3v) is 2.50. The predicted molar refractivity (Wildman–Crippen MR) is 60.7 cm³/mol. The molecule has 3 N–H and O–H groups in total. The molecule has 0 amide bonds. The third-order valence-electron chi connectivity index (χ3n) is 1.73. The van der Waals surface area contributed by atoms with Crippen LogP contribution in [0, 0.1) is 0 Å². The first kappa shape index (κ1) is 11.3. The van der Waals surface area contributed by atoms with Crippen molar-refractivity contribution in [1.29, 1.82) is 0 Å². The Morgan fingerprint density at radius 3 is 2.59 bits per heavy atom. The summed E-state index contributed by atoms with van der Waals surface area (Å²) >= 11 is 1.19. The molecular formula is C9H8N6OS. The first-order valence-electron chi connectivity index (χ1n) is 4.55. The average Bonchev–Trinajstić information content (AvgIpc) is 2.39. The van der Waals surface area contributed by atoms with E-state index in [4.69, 9.17) is 10.9 Å². The lowest BCUT2D eigenvalue weighted by Crippen LogP contribution is -2.15. The van der Waals surface area contributed by atoms with Crippen molar-refractivity contribution >= 4 is 17.6 Å². The summed E-state index contributed by atoms with van der Waals surface area (Å²) in [6, 6.07) is 3.27. The Kier molecular flexibility index (Phi) is 3.46. The molecule has 17 heavy (non-hydrogen) atoms. The monoisotopic (exact) mass is 248 g/mol. The second-order valence-electron chi connectivity index (χ2n) is 2.84. The third kappa shape index (κ3) is 2.88. The highest BCUT2D eigenvalue weighted by molar-refractivity contribution is 7.99. The van der Waals surface area contributed by atoms with Crippen molar-refractivity contribution in [3.05, 3.63) is 36.4 Å². The van der Waals surface area contributed by atoms with Crippen LogP contribution in [0.15, 0.2) is 46.2 Å². The zero-order valence-corrected chi connectivity index (χ0v) is 9.37. The van der Waals surface area contributed by atoms with E-state index in [0.29, 0.717) is 16.0 Å². The summed E-state index contributed by atoms with van der Waals surface area (Å²) in [6.45, 7) is 0. The van der Waals surface area contributed by atoms with Crippen molar-refractivity contribution in [3.63, 3.8) is 0 Å². The molecule has 0 unspecified atom stereocenters. The van der Waals surface area contributed by atoms with Gasteiger partial charge < -0.3 is 10.9 Å². The first-order chi connectivity index (χ1) is 8.29. The van der Waals surface area contributed by atoms with Crippen LogP contribution >= 0.6 is 11.8 Å². The molecule has 2 aromatic heterocycles. The van der Waals surface area contributed by atoms with Gasteiger partial charge in [0.1, 0.15) is 5.69 Å². The van der Waals surface area contributed by atoms with Crippen molar-refractivity contribution in [3.8, 4) is 0 Å². The molecule has 0 aliphatic rings. The maximum atomic E-state index is 8.54. The van der Waals surface area contributed by atoms with Crippen LogP contribution < -0.4 is 5.73 Å². The minimum absolute atomic E-state index is 0.0665. The molecule has 0 aliphatic carbocycles. The first-order valence-corrected chi connectivity index (χ1v) is 5.37. The Balaban J connectivity index is 2.23. The average molecular weight is 248 g/mol. The van der Waals surface area contributed by atoms with Gasteiger partial charge in [-0.2, -0.15) is 0 Å². The van der Waals surface area contributed by atoms with Crippen LogP contribution in [0.3, 0.4) is 0 Å². The fourth-order valence-electron chi connectivity index (χ4n) is 1.00. The summed E-state index contributed by atoms with van der Waals surface area (Å²) in [4.78, 5) is 16.2. The number of nitrogens with two attached hydrogens (primary N) is 1. The maximum Gasteiger partial charge on any atom is 0.196 e. The minimum atomic E-state index is -0.0665. The van der Waals surface area contributed by atoms with Crippen LogP contribution in [0.5, 0.6) is 0 Å². The minimum Gasteiger partial charge on any atom is -0.409 e. The van der Waals surface area contributed by atoms with Crippen molar-refractivity contribution in [2.75, 3.05) is 0 Å².